The van der Waals surface area contributed by atoms with Crippen LogP contribution in [0.4, 0.5) is 0 Å². The highest BCUT2D eigenvalue weighted by Crippen LogP contribution is 2.10. The zero-order valence-electron chi connectivity index (χ0n) is 15.6. The van der Waals surface area contributed by atoms with Gasteiger partial charge in [-0.3, -0.25) is 9.20 Å². The molecule has 0 aliphatic carbocycles. The van der Waals surface area contributed by atoms with Crippen LogP contribution in [0.3, 0.4) is 0 Å². The van der Waals surface area contributed by atoms with E-state index in [9.17, 15) is 4.21 Å². The second-order valence-electron chi connectivity index (χ2n) is 6.64. The molecule has 0 aromatic carbocycles. The number of nitrogens with one attached hydrogen (secondary N) is 2. The van der Waals surface area contributed by atoms with Crippen molar-refractivity contribution in [2.45, 2.75) is 52.7 Å². The summed E-state index contributed by atoms with van der Waals surface area (Å²) in [6.07, 6.45) is 1.08. The summed E-state index contributed by atoms with van der Waals surface area (Å²) in [6, 6.07) is 0. The van der Waals surface area contributed by atoms with Crippen molar-refractivity contribution in [1.29, 1.82) is 0 Å². The fourth-order valence-corrected chi connectivity index (χ4v) is 2.45. The maximum Gasteiger partial charge on any atom is 0.191 e. The SMILES string of the molecule is CCNC(=NCCOCCC(C)C)NCCS(=O)C(C)(C)C.I. The summed E-state index contributed by atoms with van der Waals surface area (Å²) < 4.78 is 17.4. The summed E-state index contributed by atoms with van der Waals surface area (Å²) in [4.78, 5) is 4.46. The Morgan fingerprint density at radius 1 is 1.22 bits per heavy atom. The van der Waals surface area contributed by atoms with Gasteiger partial charge in [0.25, 0.3) is 0 Å². The average molecular weight is 461 g/mol. The third-order valence-corrected chi connectivity index (χ3v) is 4.89. The number of hydrogen-bond acceptors (Lipinski definition) is 3. The molecule has 0 fully saturated rings. The zero-order valence-corrected chi connectivity index (χ0v) is 18.8. The van der Waals surface area contributed by atoms with Crippen LogP contribution in [0.2, 0.25) is 0 Å². The molecule has 0 rings (SSSR count). The number of nitrogens with zero attached hydrogens (tertiary/aromatic N) is 1. The number of aliphatic imine (C=N–C) groups is 1. The van der Waals surface area contributed by atoms with Crippen LogP contribution in [-0.2, 0) is 15.5 Å². The van der Waals surface area contributed by atoms with Gasteiger partial charge in [-0.1, -0.05) is 13.8 Å². The minimum Gasteiger partial charge on any atom is -0.380 e. The van der Waals surface area contributed by atoms with Gasteiger partial charge in [0.05, 0.1) is 13.2 Å². The van der Waals surface area contributed by atoms with Crippen molar-refractivity contribution in [2.24, 2.45) is 10.9 Å². The molecule has 0 aliphatic heterocycles. The topological polar surface area (TPSA) is 62.7 Å². The van der Waals surface area contributed by atoms with Gasteiger partial charge in [0.15, 0.2) is 5.96 Å². The maximum atomic E-state index is 12.0. The van der Waals surface area contributed by atoms with Gasteiger partial charge in [-0.2, -0.15) is 0 Å². The number of rotatable bonds is 10. The molecule has 0 radical (unpaired) electrons. The minimum absolute atomic E-state index is 0. The van der Waals surface area contributed by atoms with Crippen LogP contribution in [0.1, 0.15) is 48.0 Å². The summed E-state index contributed by atoms with van der Waals surface area (Å²) in [5.41, 5.74) is 0. The van der Waals surface area contributed by atoms with Crippen LogP contribution >= 0.6 is 24.0 Å². The van der Waals surface area contributed by atoms with Crippen molar-refractivity contribution in [2.75, 3.05) is 38.6 Å². The van der Waals surface area contributed by atoms with E-state index in [1.54, 1.807) is 0 Å². The molecule has 0 saturated carbocycles. The van der Waals surface area contributed by atoms with E-state index >= 15 is 0 Å². The Labute approximate surface area is 162 Å². The van der Waals surface area contributed by atoms with Gasteiger partial charge < -0.3 is 15.4 Å². The predicted molar refractivity (Wildman–Crippen MR) is 112 cm³/mol. The monoisotopic (exact) mass is 461 g/mol. The van der Waals surface area contributed by atoms with E-state index < -0.39 is 10.8 Å². The van der Waals surface area contributed by atoms with Crippen LogP contribution in [0.25, 0.3) is 0 Å². The third kappa shape index (κ3) is 15.4. The highest BCUT2D eigenvalue weighted by Gasteiger charge is 2.18. The summed E-state index contributed by atoms with van der Waals surface area (Å²) in [5.74, 6) is 2.06. The summed E-state index contributed by atoms with van der Waals surface area (Å²) in [5, 5.41) is 6.41. The molecular formula is C16H36IN3O2S. The molecular weight excluding hydrogens is 425 g/mol. The molecule has 0 aromatic rings. The lowest BCUT2D eigenvalue weighted by Gasteiger charge is -2.18. The van der Waals surface area contributed by atoms with E-state index in [-0.39, 0.29) is 28.7 Å². The molecule has 5 nitrogen and oxygen atoms in total. The van der Waals surface area contributed by atoms with E-state index in [4.69, 9.17) is 4.74 Å². The highest BCUT2D eigenvalue weighted by molar-refractivity contribution is 14.0. The molecule has 0 heterocycles. The molecule has 0 bridgehead atoms. The van der Waals surface area contributed by atoms with E-state index in [2.05, 4.69) is 29.5 Å². The molecule has 1 unspecified atom stereocenters. The number of halogens is 1. The normalized spacial score (nSPS) is 13.6. The lowest BCUT2D eigenvalue weighted by Crippen LogP contribution is -2.40. The van der Waals surface area contributed by atoms with Gasteiger partial charge in [0.1, 0.15) is 0 Å². The van der Waals surface area contributed by atoms with Crippen LogP contribution in [-0.4, -0.2) is 53.5 Å². The fourth-order valence-electron chi connectivity index (χ4n) is 1.55. The Hall–Kier alpha value is 0.110. The maximum absolute atomic E-state index is 12.0. The third-order valence-electron chi connectivity index (χ3n) is 2.95. The number of ether oxygens (including phenoxy) is 1. The lowest BCUT2D eigenvalue weighted by molar-refractivity contribution is 0.130. The van der Waals surface area contributed by atoms with Crippen molar-refractivity contribution < 1.29 is 8.95 Å². The first-order valence-electron chi connectivity index (χ1n) is 8.25. The Morgan fingerprint density at radius 2 is 1.87 bits per heavy atom. The lowest BCUT2D eigenvalue weighted by atomic mass is 10.1. The molecule has 2 N–H and O–H groups in total. The van der Waals surface area contributed by atoms with Gasteiger partial charge in [0.2, 0.25) is 0 Å². The van der Waals surface area contributed by atoms with Gasteiger partial charge in [-0.25, -0.2) is 0 Å². The molecule has 7 heteroatoms. The van der Waals surface area contributed by atoms with E-state index in [1.807, 2.05) is 27.7 Å². The van der Waals surface area contributed by atoms with Crippen LogP contribution in [0.15, 0.2) is 4.99 Å². The zero-order chi connectivity index (χ0) is 17.0. The van der Waals surface area contributed by atoms with Crippen molar-refractivity contribution in [3.8, 4) is 0 Å². The van der Waals surface area contributed by atoms with Crippen molar-refractivity contribution >= 4 is 40.7 Å². The van der Waals surface area contributed by atoms with Crippen LogP contribution in [0.5, 0.6) is 0 Å². The van der Waals surface area contributed by atoms with Crippen molar-refractivity contribution in [1.82, 2.24) is 10.6 Å². The molecule has 1 atom stereocenters. The predicted octanol–water partition coefficient (Wildman–Crippen LogP) is 2.77. The first-order chi connectivity index (χ1) is 10.3. The summed E-state index contributed by atoms with van der Waals surface area (Å²) in [6.45, 7) is 15.9. The Morgan fingerprint density at radius 3 is 2.39 bits per heavy atom. The molecule has 0 saturated heterocycles. The van der Waals surface area contributed by atoms with Crippen LogP contribution < -0.4 is 10.6 Å². The van der Waals surface area contributed by atoms with E-state index in [0.29, 0.717) is 31.4 Å². The standard InChI is InChI=1S/C16H35N3O2S.HI/c1-7-17-15(18-9-12-21-11-8-14(2)3)19-10-13-22(20)16(4,5)6;/h14H,7-13H2,1-6H3,(H2,17,18,19);1H. The van der Waals surface area contributed by atoms with Crippen molar-refractivity contribution in [3.63, 3.8) is 0 Å². The Kier molecular flexibility index (Phi) is 15.9. The van der Waals surface area contributed by atoms with Gasteiger partial charge in [0, 0.05) is 41.0 Å². The first kappa shape index (κ1) is 25.4. The summed E-state index contributed by atoms with van der Waals surface area (Å²) in [7, 11) is -0.842. The molecule has 23 heavy (non-hydrogen) atoms. The molecule has 0 aromatic heterocycles. The van der Waals surface area contributed by atoms with E-state index in [0.717, 1.165) is 25.5 Å². The largest absolute Gasteiger partial charge is 0.380 e. The van der Waals surface area contributed by atoms with Crippen molar-refractivity contribution in [3.05, 3.63) is 0 Å². The van der Waals surface area contributed by atoms with Gasteiger partial charge >= 0.3 is 0 Å². The molecule has 0 aliphatic rings. The summed E-state index contributed by atoms with van der Waals surface area (Å²) >= 11 is 0. The fraction of sp³-hybridized carbons (Fsp3) is 0.938. The quantitative estimate of drug-likeness (QED) is 0.227. The molecule has 140 valence electrons. The molecule has 0 amide bonds. The Balaban J connectivity index is 0. The molecule has 0 spiro atoms. The van der Waals surface area contributed by atoms with E-state index in [1.165, 1.54) is 0 Å². The number of guanidine groups is 1. The average Bonchev–Trinajstić information content (AvgIpc) is 2.40. The smallest absolute Gasteiger partial charge is 0.191 e. The van der Waals surface area contributed by atoms with Gasteiger partial charge in [-0.05, 0) is 40.0 Å². The second kappa shape index (κ2) is 14.5. The Bertz CT molecular complexity index is 345. The second-order valence-corrected chi connectivity index (χ2v) is 8.97. The first-order valence-corrected chi connectivity index (χ1v) is 9.57. The number of hydrogen-bond donors (Lipinski definition) is 2. The van der Waals surface area contributed by atoms with Crippen LogP contribution in [0, 0.1) is 5.92 Å². The van der Waals surface area contributed by atoms with Gasteiger partial charge in [-0.15, -0.1) is 24.0 Å². The highest BCUT2D eigenvalue weighted by atomic mass is 127. The minimum atomic E-state index is -0.842.